The number of rotatable bonds is 12. The molecule has 41 heavy (non-hydrogen) atoms. The number of amides is 2. The number of likely N-dealkylation sites (tertiary alicyclic amines) is 1. The van der Waals surface area contributed by atoms with Crippen LogP contribution in [0.15, 0.2) is 40.4 Å². The van der Waals surface area contributed by atoms with Crippen LogP contribution in [0.4, 0.5) is 4.79 Å². The zero-order valence-electron chi connectivity index (χ0n) is 24.6. The molecule has 0 radical (unpaired) electrons. The van der Waals surface area contributed by atoms with Crippen LogP contribution in [0.2, 0.25) is 0 Å². The molecule has 1 aliphatic rings. The molecule has 11 nitrogen and oxygen atoms in total. The van der Waals surface area contributed by atoms with Gasteiger partial charge in [-0.05, 0) is 81.8 Å². The van der Waals surface area contributed by atoms with Crippen LogP contribution < -0.4 is 0 Å². The molecule has 0 spiro atoms. The molecular formula is C29H40N6O5S. The number of benzene rings is 1. The van der Waals surface area contributed by atoms with Gasteiger partial charge in [-0.3, -0.25) is 9.59 Å². The molecule has 1 fully saturated rings. The minimum Gasteiger partial charge on any atom is -0.444 e. The van der Waals surface area contributed by atoms with Crippen molar-refractivity contribution in [1.82, 2.24) is 30.0 Å². The molecule has 3 rings (SSSR count). The smallest absolute Gasteiger partial charge is 0.410 e. The lowest BCUT2D eigenvalue weighted by Gasteiger charge is -2.33. The van der Waals surface area contributed by atoms with E-state index in [1.165, 1.54) is 23.7 Å². The molecule has 222 valence electrons. The van der Waals surface area contributed by atoms with E-state index in [2.05, 4.69) is 21.4 Å². The number of carbonyl (C=O) groups is 3. The van der Waals surface area contributed by atoms with Gasteiger partial charge in [0.05, 0.1) is 30.7 Å². The van der Waals surface area contributed by atoms with Crippen LogP contribution in [-0.4, -0.2) is 91.8 Å². The third-order valence-electron chi connectivity index (χ3n) is 6.96. The van der Waals surface area contributed by atoms with E-state index >= 15 is 0 Å². The molecule has 2 amide bonds. The predicted octanol–water partition coefficient (Wildman–Crippen LogP) is 3.68. The average Bonchev–Trinajstić information content (AvgIpc) is 3.58. The van der Waals surface area contributed by atoms with Crippen molar-refractivity contribution >= 4 is 29.5 Å². The van der Waals surface area contributed by atoms with Crippen molar-refractivity contribution in [1.29, 1.82) is 0 Å². The fourth-order valence-corrected chi connectivity index (χ4v) is 5.35. The fourth-order valence-electron chi connectivity index (χ4n) is 4.55. The number of hydrogen-bond acceptors (Lipinski definition) is 9. The second kappa shape index (κ2) is 14.5. The number of ketones is 1. The van der Waals surface area contributed by atoms with E-state index < -0.39 is 29.8 Å². The van der Waals surface area contributed by atoms with Gasteiger partial charge in [0.1, 0.15) is 12.2 Å². The molecule has 1 unspecified atom stereocenters. The van der Waals surface area contributed by atoms with Crippen LogP contribution in [-0.2, 0) is 25.6 Å². The van der Waals surface area contributed by atoms with Gasteiger partial charge in [0, 0.05) is 24.9 Å². The van der Waals surface area contributed by atoms with E-state index in [0.717, 1.165) is 17.7 Å². The summed E-state index contributed by atoms with van der Waals surface area (Å²) in [6, 6.07) is 8.86. The van der Waals surface area contributed by atoms with Gasteiger partial charge in [-0.2, -0.15) is 0 Å². The minimum absolute atomic E-state index is 0.0145. The van der Waals surface area contributed by atoms with Gasteiger partial charge in [0.25, 0.3) is 0 Å². The number of ether oxygens (including phenoxy) is 2. The van der Waals surface area contributed by atoms with Gasteiger partial charge in [-0.25, -0.2) is 9.48 Å². The molecule has 12 heteroatoms. The third-order valence-corrected chi connectivity index (χ3v) is 7.94. The van der Waals surface area contributed by atoms with Gasteiger partial charge in [-0.15, -0.1) is 11.5 Å². The zero-order chi connectivity index (χ0) is 30.2. The van der Waals surface area contributed by atoms with Crippen molar-refractivity contribution in [2.24, 2.45) is 5.92 Å². The highest BCUT2D eigenvalue weighted by Gasteiger charge is 2.39. The Bertz CT molecular complexity index is 1220. The van der Waals surface area contributed by atoms with E-state index in [1.807, 2.05) is 30.3 Å². The number of carbonyl (C=O) groups excluding carboxylic acids is 3. The van der Waals surface area contributed by atoms with Crippen molar-refractivity contribution in [2.45, 2.75) is 94.3 Å². The number of terminal acetylenes is 1. The summed E-state index contributed by atoms with van der Waals surface area (Å²) in [5.41, 5.74) is -0.700. The van der Waals surface area contributed by atoms with Crippen molar-refractivity contribution in [3.63, 3.8) is 0 Å². The predicted molar refractivity (Wildman–Crippen MR) is 154 cm³/mol. The maximum Gasteiger partial charge on any atom is 0.410 e. The van der Waals surface area contributed by atoms with Crippen molar-refractivity contribution in [3.05, 3.63) is 30.3 Å². The summed E-state index contributed by atoms with van der Waals surface area (Å²) in [7, 11) is 1.51. The molecule has 0 N–H and O–H groups in total. The number of nitrogens with zero attached hydrogens (tertiary/aromatic N) is 6. The molecule has 1 aromatic heterocycles. The Balaban J connectivity index is 1.74. The maximum absolute atomic E-state index is 14.0. The van der Waals surface area contributed by atoms with E-state index in [1.54, 1.807) is 44.2 Å². The van der Waals surface area contributed by atoms with Gasteiger partial charge in [-0.1, -0.05) is 24.1 Å². The summed E-state index contributed by atoms with van der Waals surface area (Å²) in [6.07, 6.45) is 5.66. The SMILES string of the molecule is C#CCOC(C)[C@H](CC(=O)[C@H](C)N(C)C(=O)OC(C)(C)C)C(=O)N1CCC[C@H]1Cn1nnnc1Sc1ccccc1. The summed E-state index contributed by atoms with van der Waals surface area (Å²) in [4.78, 5) is 44.0. The summed E-state index contributed by atoms with van der Waals surface area (Å²) >= 11 is 1.45. The van der Waals surface area contributed by atoms with Gasteiger partial charge in [0.2, 0.25) is 11.1 Å². The highest BCUT2D eigenvalue weighted by molar-refractivity contribution is 7.99. The van der Waals surface area contributed by atoms with E-state index in [0.29, 0.717) is 18.2 Å². The lowest BCUT2D eigenvalue weighted by atomic mass is 9.92. The molecule has 2 aromatic rings. The first-order chi connectivity index (χ1) is 19.4. The largest absolute Gasteiger partial charge is 0.444 e. The van der Waals surface area contributed by atoms with Crippen molar-refractivity contribution < 1.29 is 23.9 Å². The molecule has 4 atom stereocenters. The van der Waals surface area contributed by atoms with E-state index in [4.69, 9.17) is 15.9 Å². The molecule has 2 heterocycles. The Kier molecular flexibility index (Phi) is 11.3. The summed E-state index contributed by atoms with van der Waals surface area (Å²) < 4.78 is 12.9. The number of tetrazole rings is 1. The number of aromatic nitrogens is 4. The van der Waals surface area contributed by atoms with E-state index in [-0.39, 0.29) is 30.8 Å². The Morgan fingerprint density at radius 1 is 1.22 bits per heavy atom. The lowest BCUT2D eigenvalue weighted by Crippen LogP contribution is -2.48. The number of likely N-dealkylation sites (N-methyl/N-ethyl adjacent to an activating group) is 1. The van der Waals surface area contributed by atoms with Gasteiger partial charge < -0.3 is 19.3 Å². The Hall–Kier alpha value is -3.43. The van der Waals surface area contributed by atoms with Crippen LogP contribution in [0.3, 0.4) is 0 Å². The number of Topliss-reactive ketones (excluding diaryl/α,β-unsaturated/α-hetero) is 1. The van der Waals surface area contributed by atoms with Crippen LogP contribution in [0, 0.1) is 18.3 Å². The molecule has 0 bridgehead atoms. The minimum atomic E-state index is -0.798. The normalized spacial score (nSPS) is 17.4. The van der Waals surface area contributed by atoms with Crippen LogP contribution in [0.25, 0.3) is 0 Å². The van der Waals surface area contributed by atoms with E-state index in [9.17, 15) is 14.4 Å². The first kappa shape index (κ1) is 32.1. The first-order valence-electron chi connectivity index (χ1n) is 13.7. The Morgan fingerprint density at radius 3 is 2.59 bits per heavy atom. The van der Waals surface area contributed by atoms with Crippen LogP contribution in [0.1, 0.15) is 53.9 Å². The molecule has 1 saturated heterocycles. The summed E-state index contributed by atoms with van der Waals surface area (Å²) in [6.45, 7) is 9.64. The Labute approximate surface area is 246 Å². The van der Waals surface area contributed by atoms with Crippen molar-refractivity contribution in [3.8, 4) is 12.3 Å². The Morgan fingerprint density at radius 2 is 1.93 bits per heavy atom. The molecular weight excluding hydrogens is 544 g/mol. The molecule has 1 aliphatic heterocycles. The topological polar surface area (TPSA) is 120 Å². The van der Waals surface area contributed by atoms with Gasteiger partial charge in [0.15, 0.2) is 5.78 Å². The first-order valence-corrected chi connectivity index (χ1v) is 14.6. The monoisotopic (exact) mass is 584 g/mol. The molecule has 0 saturated carbocycles. The fraction of sp³-hybridized carbons (Fsp3) is 0.586. The quantitative estimate of drug-likeness (QED) is 0.344. The highest BCUT2D eigenvalue weighted by Crippen LogP contribution is 2.29. The number of hydrogen-bond donors (Lipinski definition) is 0. The van der Waals surface area contributed by atoms with Crippen LogP contribution in [0.5, 0.6) is 0 Å². The standard InChI is InChI=1S/C29H40N6O5S/c1-8-17-39-21(3)24(18-25(36)20(2)33(7)28(38)40-29(4,5)6)26(37)34-16-12-13-22(34)19-35-27(30-31-32-35)41-23-14-10-9-11-15-23/h1,9-11,14-15,20-22,24H,12-13,16-19H2,2-7H3/t20-,21?,22-,24-/m0/s1. The van der Waals surface area contributed by atoms with Gasteiger partial charge >= 0.3 is 6.09 Å². The summed E-state index contributed by atoms with van der Waals surface area (Å²) in [5.74, 6) is 1.18. The second-order valence-electron chi connectivity index (χ2n) is 11.2. The molecule has 1 aromatic carbocycles. The van der Waals surface area contributed by atoms with Crippen molar-refractivity contribution in [2.75, 3.05) is 20.2 Å². The van der Waals surface area contributed by atoms with Crippen LogP contribution >= 0.6 is 11.8 Å². The lowest BCUT2D eigenvalue weighted by molar-refractivity contribution is -0.144. The highest BCUT2D eigenvalue weighted by atomic mass is 32.2. The maximum atomic E-state index is 14.0. The average molecular weight is 585 g/mol. The summed E-state index contributed by atoms with van der Waals surface area (Å²) in [5, 5.41) is 12.8. The molecule has 0 aliphatic carbocycles. The zero-order valence-corrected chi connectivity index (χ0v) is 25.5. The third kappa shape index (κ3) is 9.03. The second-order valence-corrected chi connectivity index (χ2v) is 12.2.